The van der Waals surface area contributed by atoms with Crippen LogP contribution in [0.3, 0.4) is 0 Å². The van der Waals surface area contributed by atoms with Gasteiger partial charge < -0.3 is 19.5 Å². The molecule has 1 atom stereocenters. The Morgan fingerprint density at radius 2 is 1.96 bits per heavy atom. The first-order valence-corrected chi connectivity index (χ1v) is 7.46. The van der Waals surface area contributed by atoms with Crippen LogP contribution in [0, 0.1) is 0 Å². The van der Waals surface area contributed by atoms with Crippen molar-refractivity contribution in [1.82, 2.24) is 4.90 Å². The van der Waals surface area contributed by atoms with E-state index in [1.54, 1.807) is 20.8 Å². The molecule has 0 bridgehead atoms. The number of amides is 1. The molecule has 1 fully saturated rings. The van der Waals surface area contributed by atoms with E-state index >= 15 is 0 Å². The second-order valence-corrected chi connectivity index (χ2v) is 6.60. The third-order valence-electron chi connectivity index (χ3n) is 3.36. The zero-order valence-corrected chi connectivity index (χ0v) is 13.7. The van der Waals surface area contributed by atoms with E-state index in [1.807, 2.05) is 0 Å². The number of aromatic hydroxyl groups is 1. The van der Waals surface area contributed by atoms with Gasteiger partial charge in [-0.05, 0) is 44.5 Å². The molecule has 1 aliphatic rings. The van der Waals surface area contributed by atoms with Crippen LogP contribution < -0.4 is 0 Å². The van der Waals surface area contributed by atoms with Crippen molar-refractivity contribution < 1.29 is 32.5 Å². The first-order valence-electron chi connectivity index (χ1n) is 7.46. The van der Waals surface area contributed by atoms with Crippen LogP contribution >= 0.6 is 0 Å². The summed E-state index contributed by atoms with van der Waals surface area (Å²) < 4.78 is 49.3. The molecule has 1 heterocycles. The fraction of sp³-hybridized carbons (Fsp3) is 0.562. The highest BCUT2D eigenvalue weighted by molar-refractivity contribution is 5.68. The number of rotatable bonds is 1. The van der Waals surface area contributed by atoms with Crippen LogP contribution in [0.1, 0.15) is 38.0 Å². The Bertz CT molecular complexity index is 610. The van der Waals surface area contributed by atoms with Gasteiger partial charge in [-0.3, -0.25) is 0 Å². The minimum atomic E-state index is -4.58. The van der Waals surface area contributed by atoms with E-state index in [4.69, 9.17) is 9.47 Å². The molecule has 134 valence electrons. The van der Waals surface area contributed by atoms with Crippen LogP contribution in [0.2, 0.25) is 0 Å². The lowest BCUT2D eigenvalue weighted by Gasteiger charge is -2.34. The van der Waals surface area contributed by atoms with Gasteiger partial charge >= 0.3 is 12.3 Å². The summed E-state index contributed by atoms with van der Waals surface area (Å²) in [4.78, 5) is 13.5. The Balaban J connectivity index is 2.18. The van der Waals surface area contributed by atoms with Crippen LogP contribution in [0.4, 0.5) is 18.0 Å². The van der Waals surface area contributed by atoms with Crippen molar-refractivity contribution in [3.8, 4) is 5.75 Å². The van der Waals surface area contributed by atoms with E-state index in [1.165, 1.54) is 11.0 Å². The number of hydrogen-bond donors (Lipinski definition) is 1. The monoisotopic (exact) mass is 347 g/mol. The Labute approximate surface area is 138 Å². The van der Waals surface area contributed by atoms with Gasteiger partial charge in [-0.2, -0.15) is 13.2 Å². The molecule has 1 amide bonds. The summed E-state index contributed by atoms with van der Waals surface area (Å²) >= 11 is 0. The van der Waals surface area contributed by atoms with Gasteiger partial charge in [0.05, 0.1) is 18.7 Å². The van der Waals surface area contributed by atoms with Crippen molar-refractivity contribution in [2.75, 3.05) is 19.7 Å². The molecule has 0 spiro atoms. The zero-order chi connectivity index (χ0) is 18.1. The smallest absolute Gasteiger partial charge is 0.416 e. The van der Waals surface area contributed by atoms with Crippen LogP contribution in [0.25, 0.3) is 0 Å². The zero-order valence-electron chi connectivity index (χ0n) is 13.7. The molecule has 1 N–H and O–H groups in total. The molecular formula is C16H20F3NO4. The quantitative estimate of drug-likeness (QED) is 0.841. The van der Waals surface area contributed by atoms with E-state index < -0.39 is 35.3 Å². The van der Waals surface area contributed by atoms with E-state index in [2.05, 4.69) is 0 Å². The number of morpholine rings is 1. The van der Waals surface area contributed by atoms with E-state index in [0.29, 0.717) is 6.07 Å². The fourth-order valence-corrected chi connectivity index (χ4v) is 2.33. The van der Waals surface area contributed by atoms with Crippen LogP contribution in [0.5, 0.6) is 5.75 Å². The minimum absolute atomic E-state index is 0.0513. The molecule has 1 aromatic rings. The predicted molar refractivity (Wildman–Crippen MR) is 79.6 cm³/mol. The van der Waals surface area contributed by atoms with Crippen LogP contribution in [0.15, 0.2) is 18.2 Å². The summed E-state index contributed by atoms with van der Waals surface area (Å²) in [7, 11) is 0. The minimum Gasteiger partial charge on any atom is -0.508 e. The van der Waals surface area contributed by atoms with Crippen molar-refractivity contribution in [2.24, 2.45) is 0 Å². The number of nitrogens with zero attached hydrogens (tertiary/aromatic N) is 1. The average Bonchev–Trinajstić information content (AvgIpc) is 2.44. The van der Waals surface area contributed by atoms with E-state index in [-0.39, 0.29) is 25.3 Å². The number of phenolic OH excluding ortho intramolecular Hbond substituents is 1. The van der Waals surface area contributed by atoms with Crippen molar-refractivity contribution in [2.45, 2.75) is 38.7 Å². The maximum atomic E-state index is 12.9. The van der Waals surface area contributed by atoms with Crippen molar-refractivity contribution in [3.05, 3.63) is 29.3 Å². The Morgan fingerprint density at radius 3 is 2.54 bits per heavy atom. The second kappa shape index (κ2) is 6.51. The standard InChI is InChI=1S/C16H20F3NO4/c1-15(2,3)24-14(22)20-4-5-23-13(9-20)10-6-11(16(17,18)19)8-12(21)7-10/h6-8,13,21H,4-5,9H2,1-3H3/t13-/m1/s1. The molecule has 24 heavy (non-hydrogen) atoms. The molecule has 0 aliphatic carbocycles. The number of carbonyl (C=O) groups excluding carboxylic acids is 1. The fourth-order valence-electron chi connectivity index (χ4n) is 2.33. The van der Waals surface area contributed by atoms with Crippen molar-refractivity contribution >= 4 is 6.09 Å². The van der Waals surface area contributed by atoms with Crippen LogP contribution in [-0.2, 0) is 15.7 Å². The molecule has 0 radical (unpaired) electrons. The summed E-state index contributed by atoms with van der Waals surface area (Å²) in [5, 5.41) is 9.56. The molecule has 1 aliphatic heterocycles. The van der Waals surface area contributed by atoms with Gasteiger partial charge in [0.25, 0.3) is 0 Å². The third kappa shape index (κ3) is 4.77. The molecule has 5 nitrogen and oxygen atoms in total. The summed E-state index contributed by atoms with van der Waals surface area (Å²) in [6.07, 6.45) is -5.89. The van der Waals surface area contributed by atoms with Gasteiger partial charge in [-0.15, -0.1) is 0 Å². The van der Waals surface area contributed by atoms with E-state index in [9.17, 15) is 23.1 Å². The van der Waals surface area contributed by atoms with Gasteiger partial charge in [0.15, 0.2) is 0 Å². The predicted octanol–water partition coefficient (Wildman–Crippen LogP) is 3.72. The van der Waals surface area contributed by atoms with Gasteiger partial charge in [0, 0.05) is 6.54 Å². The van der Waals surface area contributed by atoms with Gasteiger partial charge in [0.1, 0.15) is 17.5 Å². The number of benzene rings is 1. The van der Waals surface area contributed by atoms with Gasteiger partial charge in [-0.1, -0.05) is 0 Å². The maximum Gasteiger partial charge on any atom is 0.416 e. The number of carbonyl (C=O) groups is 1. The number of alkyl halides is 3. The molecule has 0 unspecified atom stereocenters. The lowest BCUT2D eigenvalue weighted by atomic mass is 10.0. The maximum absolute atomic E-state index is 12.9. The Hall–Kier alpha value is -1.96. The highest BCUT2D eigenvalue weighted by Gasteiger charge is 2.34. The summed E-state index contributed by atoms with van der Waals surface area (Å²) in [6.45, 7) is 5.70. The van der Waals surface area contributed by atoms with Gasteiger partial charge in [0.2, 0.25) is 0 Å². The topological polar surface area (TPSA) is 59.0 Å². The molecule has 0 aromatic heterocycles. The number of ether oxygens (including phenoxy) is 2. The first-order chi connectivity index (χ1) is 11.0. The summed E-state index contributed by atoms with van der Waals surface area (Å²) in [5.74, 6) is -0.502. The van der Waals surface area contributed by atoms with Crippen molar-refractivity contribution in [1.29, 1.82) is 0 Å². The van der Waals surface area contributed by atoms with Gasteiger partial charge in [-0.25, -0.2) is 4.79 Å². The SMILES string of the molecule is CC(C)(C)OC(=O)N1CCO[C@@H](c2cc(O)cc(C(F)(F)F)c2)C1. The van der Waals surface area contributed by atoms with Crippen LogP contribution in [-0.4, -0.2) is 41.4 Å². The normalized spacial score (nSPS) is 19.2. The first kappa shape index (κ1) is 18.4. The largest absolute Gasteiger partial charge is 0.508 e. The van der Waals surface area contributed by atoms with Crippen molar-refractivity contribution in [3.63, 3.8) is 0 Å². The second-order valence-electron chi connectivity index (χ2n) is 6.60. The highest BCUT2D eigenvalue weighted by atomic mass is 19.4. The molecule has 1 saturated heterocycles. The molecule has 2 rings (SSSR count). The lowest BCUT2D eigenvalue weighted by molar-refractivity contribution is -0.137. The third-order valence-corrected chi connectivity index (χ3v) is 3.36. The number of phenols is 1. The lowest BCUT2D eigenvalue weighted by Crippen LogP contribution is -2.44. The number of hydrogen-bond acceptors (Lipinski definition) is 4. The van der Waals surface area contributed by atoms with E-state index in [0.717, 1.165) is 6.07 Å². The highest BCUT2D eigenvalue weighted by Crippen LogP contribution is 2.35. The Kier molecular flexibility index (Phi) is 4.98. The summed E-state index contributed by atoms with van der Waals surface area (Å²) in [5.41, 5.74) is -1.47. The summed E-state index contributed by atoms with van der Waals surface area (Å²) in [6, 6.07) is 2.78. The average molecular weight is 347 g/mol. The molecule has 0 saturated carbocycles. The molecular weight excluding hydrogens is 327 g/mol. The Morgan fingerprint density at radius 1 is 1.29 bits per heavy atom. The molecule has 1 aromatic carbocycles. The number of halogens is 3. The molecule has 8 heteroatoms.